The average molecular weight is 753 g/mol. The molecule has 0 radical (unpaired) electrons. The van der Waals surface area contributed by atoms with Crippen LogP contribution < -0.4 is 15.4 Å². The Balaban J connectivity index is 1.02. The summed E-state index contributed by atoms with van der Waals surface area (Å²) in [6.07, 6.45) is 1.95. The maximum atomic E-state index is 6.58. The summed E-state index contributed by atoms with van der Waals surface area (Å²) in [7, 11) is 0. The first-order valence-electron chi connectivity index (χ1n) is 19.8. The van der Waals surface area contributed by atoms with Crippen molar-refractivity contribution < 1.29 is 4.74 Å². The molecule has 0 saturated heterocycles. The molecule has 0 fully saturated rings. The second-order valence-electron chi connectivity index (χ2n) is 14.9. The molecule has 1 aromatic heterocycles. The van der Waals surface area contributed by atoms with Crippen LogP contribution in [0.1, 0.15) is 30.9 Å². The summed E-state index contributed by atoms with van der Waals surface area (Å²) in [5, 5.41) is 9.83. The number of nitrogens with zero attached hydrogens (tertiary/aromatic N) is 2. The van der Waals surface area contributed by atoms with E-state index in [4.69, 9.17) is 9.73 Å². The Morgan fingerprint density at radius 3 is 1.88 bits per heavy atom. The Morgan fingerprint density at radius 1 is 0.534 bits per heavy atom. The van der Waals surface area contributed by atoms with Gasteiger partial charge in [-0.1, -0.05) is 147 Å². The third-order valence-corrected chi connectivity index (χ3v) is 10.6. The Morgan fingerprint density at radius 2 is 1.16 bits per heavy atom. The predicted molar refractivity (Wildman–Crippen MR) is 245 cm³/mol. The van der Waals surface area contributed by atoms with Crippen LogP contribution >= 0.6 is 0 Å². The molecule has 9 rings (SSSR count). The highest BCUT2D eigenvalue weighted by Crippen LogP contribution is 2.41. The molecule has 0 amide bonds. The lowest BCUT2D eigenvalue weighted by molar-refractivity contribution is 0.483. The van der Waals surface area contributed by atoms with E-state index >= 15 is 0 Å². The van der Waals surface area contributed by atoms with E-state index in [2.05, 4.69) is 200 Å². The molecule has 0 aliphatic carbocycles. The number of fused-ring (bicyclic) bond motifs is 3. The van der Waals surface area contributed by atoms with Gasteiger partial charge in [0, 0.05) is 39.7 Å². The minimum absolute atomic E-state index is 0.365. The number of nitrogens with one attached hydrogen (secondary N) is 2. The molecule has 0 bridgehead atoms. The van der Waals surface area contributed by atoms with Crippen LogP contribution in [-0.2, 0) is 0 Å². The number of aliphatic imine (C=N–C) groups is 1. The van der Waals surface area contributed by atoms with Crippen molar-refractivity contribution in [3.63, 3.8) is 0 Å². The molecule has 9 aromatic rings. The van der Waals surface area contributed by atoms with E-state index in [1.165, 1.54) is 16.5 Å². The summed E-state index contributed by atoms with van der Waals surface area (Å²) in [6.45, 7) is 6.56. The van der Waals surface area contributed by atoms with Gasteiger partial charge < -0.3 is 15.4 Å². The Hall–Kier alpha value is -7.37. The standard InChI is InChI=1S/C53H44N4O/c1-36(2)47-32-37(3)28-31-48(47)54-35-57-51-27-13-10-22-45(51)46-30-29-42(34-52(46)57)58-41-21-14-20-40(33-41)55-49-25-11-12-26-50(49)56-53-43(38-16-6-4-7-17-38)23-15-24-44(53)39-18-8-5-9-19-39/h4-36,55-56H,1-3H3/b54-35+. The summed E-state index contributed by atoms with van der Waals surface area (Å²) in [5.74, 6) is 1.84. The van der Waals surface area contributed by atoms with Crippen molar-refractivity contribution in [2.75, 3.05) is 10.6 Å². The Bertz CT molecular complexity index is 2850. The van der Waals surface area contributed by atoms with Gasteiger partial charge in [-0.15, -0.1) is 0 Å². The van der Waals surface area contributed by atoms with Crippen molar-refractivity contribution in [2.24, 2.45) is 4.99 Å². The number of aryl methyl sites for hydroxylation is 1. The van der Waals surface area contributed by atoms with E-state index < -0.39 is 0 Å². The molecule has 2 N–H and O–H groups in total. The number of hydrogen-bond donors (Lipinski definition) is 2. The predicted octanol–water partition coefficient (Wildman–Crippen LogP) is 15.0. The van der Waals surface area contributed by atoms with E-state index in [-0.39, 0.29) is 0 Å². The highest BCUT2D eigenvalue weighted by atomic mass is 16.5. The zero-order valence-corrected chi connectivity index (χ0v) is 32.9. The maximum Gasteiger partial charge on any atom is 0.129 e. The zero-order chi connectivity index (χ0) is 39.4. The van der Waals surface area contributed by atoms with Gasteiger partial charge in [-0.3, -0.25) is 4.57 Å². The smallest absolute Gasteiger partial charge is 0.129 e. The van der Waals surface area contributed by atoms with Gasteiger partial charge in [0.1, 0.15) is 17.8 Å². The largest absolute Gasteiger partial charge is 0.457 e. The van der Waals surface area contributed by atoms with Crippen molar-refractivity contribution in [1.29, 1.82) is 0 Å². The molecule has 0 unspecified atom stereocenters. The molecule has 0 aliphatic rings. The summed E-state index contributed by atoms with van der Waals surface area (Å²) in [6, 6.07) is 65.2. The van der Waals surface area contributed by atoms with Gasteiger partial charge in [0.25, 0.3) is 0 Å². The number of benzene rings is 8. The second-order valence-corrected chi connectivity index (χ2v) is 14.9. The molecular weight excluding hydrogens is 709 g/mol. The van der Waals surface area contributed by atoms with Crippen LogP contribution in [0.4, 0.5) is 28.4 Å². The quantitative estimate of drug-likeness (QED) is 0.102. The van der Waals surface area contributed by atoms with Crippen molar-refractivity contribution in [2.45, 2.75) is 26.7 Å². The van der Waals surface area contributed by atoms with E-state index in [1.807, 2.05) is 30.6 Å². The number of hydrogen-bond acceptors (Lipinski definition) is 4. The molecule has 5 nitrogen and oxygen atoms in total. The first-order chi connectivity index (χ1) is 28.5. The van der Waals surface area contributed by atoms with Gasteiger partial charge in [0.2, 0.25) is 0 Å². The molecular formula is C53H44N4O. The monoisotopic (exact) mass is 752 g/mol. The molecule has 5 heteroatoms. The van der Waals surface area contributed by atoms with Crippen LogP contribution in [0, 0.1) is 6.92 Å². The van der Waals surface area contributed by atoms with Gasteiger partial charge in [0.05, 0.1) is 33.8 Å². The number of aromatic nitrogens is 1. The first kappa shape index (κ1) is 36.3. The van der Waals surface area contributed by atoms with Crippen LogP contribution in [0.25, 0.3) is 44.1 Å². The lowest BCUT2D eigenvalue weighted by atomic mass is 9.95. The van der Waals surface area contributed by atoms with Crippen LogP contribution in [0.2, 0.25) is 0 Å². The fourth-order valence-corrected chi connectivity index (χ4v) is 7.71. The third-order valence-electron chi connectivity index (χ3n) is 10.6. The van der Waals surface area contributed by atoms with Gasteiger partial charge in [0.15, 0.2) is 0 Å². The van der Waals surface area contributed by atoms with Crippen LogP contribution in [-0.4, -0.2) is 10.9 Å². The topological polar surface area (TPSA) is 50.6 Å². The van der Waals surface area contributed by atoms with E-state index in [0.717, 1.165) is 78.6 Å². The van der Waals surface area contributed by atoms with Gasteiger partial charge in [-0.2, -0.15) is 0 Å². The fraction of sp³-hybridized carbons (Fsp3) is 0.0755. The molecule has 1 heterocycles. The highest BCUT2D eigenvalue weighted by Gasteiger charge is 2.15. The minimum Gasteiger partial charge on any atom is -0.457 e. The Kier molecular flexibility index (Phi) is 10.0. The molecule has 0 aliphatic heterocycles. The zero-order valence-electron chi connectivity index (χ0n) is 32.9. The molecule has 282 valence electrons. The Labute approximate surface area is 339 Å². The average Bonchev–Trinajstić information content (AvgIpc) is 3.57. The maximum absolute atomic E-state index is 6.58. The lowest BCUT2D eigenvalue weighted by Gasteiger charge is -2.20. The summed E-state index contributed by atoms with van der Waals surface area (Å²) < 4.78 is 8.75. The van der Waals surface area contributed by atoms with E-state index in [0.29, 0.717) is 5.92 Å². The number of para-hydroxylation sites is 4. The van der Waals surface area contributed by atoms with Gasteiger partial charge in [-0.05, 0) is 78.1 Å². The number of ether oxygens (including phenoxy) is 1. The van der Waals surface area contributed by atoms with E-state index in [1.54, 1.807) is 0 Å². The van der Waals surface area contributed by atoms with Gasteiger partial charge in [-0.25, -0.2) is 4.99 Å². The molecule has 58 heavy (non-hydrogen) atoms. The fourth-order valence-electron chi connectivity index (χ4n) is 7.71. The normalized spacial score (nSPS) is 11.4. The number of anilines is 4. The van der Waals surface area contributed by atoms with Crippen molar-refractivity contribution in [1.82, 2.24) is 4.57 Å². The first-order valence-corrected chi connectivity index (χ1v) is 19.8. The van der Waals surface area contributed by atoms with Gasteiger partial charge >= 0.3 is 0 Å². The van der Waals surface area contributed by atoms with Crippen LogP contribution in [0.3, 0.4) is 0 Å². The highest BCUT2D eigenvalue weighted by molar-refractivity contribution is 6.11. The number of rotatable bonds is 11. The van der Waals surface area contributed by atoms with Crippen molar-refractivity contribution in [3.8, 4) is 33.8 Å². The summed E-state index contributed by atoms with van der Waals surface area (Å²) in [5.41, 5.74) is 14.0. The molecule has 0 spiro atoms. The van der Waals surface area contributed by atoms with Crippen molar-refractivity contribution in [3.05, 3.63) is 199 Å². The van der Waals surface area contributed by atoms with Crippen LogP contribution in [0.15, 0.2) is 193 Å². The SMILES string of the molecule is Cc1ccc(/N=C/n2c3ccccc3c3ccc(Oc4cccc(Nc5ccccc5Nc5c(-c6ccccc6)cccc5-c5ccccc5)c4)cc32)c(C(C)C)c1. The molecule has 8 aromatic carbocycles. The lowest BCUT2D eigenvalue weighted by Crippen LogP contribution is -2.00. The molecule has 0 atom stereocenters. The minimum atomic E-state index is 0.365. The van der Waals surface area contributed by atoms with Crippen molar-refractivity contribution >= 4 is 56.6 Å². The van der Waals surface area contributed by atoms with Crippen LogP contribution in [0.5, 0.6) is 11.5 Å². The summed E-state index contributed by atoms with van der Waals surface area (Å²) >= 11 is 0. The molecule has 0 saturated carbocycles. The second kappa shape index (κ2) is 16.0. The van der Waals surface area contributed by atoms with E-state index in [9.17, 15) is 0 Å². The third kappa shape index (κ3) is 7.46. The summed E-state index contributed by atoms with van der Waals surface area (Å²) in [4.78, 5) is 5.03.